The maximum Gasteiger partial charge on any atom is 0.269 e. The first kappa shape index (κ1) is 22.2. The summed E-state index contributed by atoms with van der Waals surface area (Å²) in [5, 5.41) is 6.38. The summed E-state index contributed by atoms with van der Waals surface area (Å²) in [5.74, 6) is -0.761. The molecule has 2 aromatic heterocycles. The zero-order valence-corrected chi connectivity index (χ0v) is 18.8. The second-order valence-corrected chi connectivity index (χ2v) is 7.92. The Morgan fingerprint density at radius 1 is 1.03 bits per heavy atom. The highest BCUT2D eigenvalue weighted by Crippen LogP contribution is 2.28. The Morgan fingerprint density at radius 2 is 1.82 bits per heavy atom. The Balaban J connectivity index is 1.49. The molecule has 3 N–H and O–H groups in total. The van der Waals surface area contributed by atoms with Gasteiger partial charge in [0.2, 0.25) is 0 Å². The Morgan fingerprint density at radius 3 is 2.61 bits per heavy atom. The average Bonchev–Trinajstić information content (AvgIpc) is 3.18. The number of halogens is 1. The van der Waals surface area contributed by atoms with Crippen LogP contribution in [0, 0.1) is 19.7 Å². The largest absolute Gasteiger partial charge is 0.356 e. The molecule has 2 amide bonds. The number of nitrogens with one attached hydrogen (secondary N) is 3. The van der Waals surface area contributed by atoms with E-state index in [0.717, 1.165) is 27.8 Å². The number of aryl methyl sites for hydroxylation is 2. The lowest BCUT2D eigenvalue weighted by Crippen LogP contribution is -2.26. The van der Waals surface area contributed by atoms with Gasteiger partial charge in [-0.05, 0) is 61.7 Å². The van der Waals surface area contributed by atoms with E-state index in [0.29, 0.717) is 29.7 Å². The molecule has 168 valence electrons. The first-order chi connectivity index (χ1) is 15.9. The molecule has 2 heterocycles. The Hall–Kier alpha value is -4.00. The van der Waals surface area contributed by atoms with Gasteiger partial charge in [0.15, 0.2) is 0 Å². The van der Waals surface area contributed by atoms with Crippen molar-refractivity contribution in [3.63, 3.8) is 0 Å². The maximum atomic E-state index is 14.2. The van der Waals surface area contributed by atoms with Crippen molar-refractivity contribution in [1.82, 2.24) is 20.6 Å². The van der Waals surface area contributed by atoms with Gasteiger partial charge in [-0.15, -0.1) is 0 Å². The molecule has 2 aromatic carbocycles. The predicted molar refractivity (Wildman–Crippen MR) is 127 cm³/mol. The van der Waals surface area contributed by atoms with Crippen molar-refractivity contribution in [3.05, 3.63) is 88.5 Å². The molecule has 4 aromatic rings. The summed E-state index contributed by atoms with van der Waals surface area (Å²) in [4.78, 5) is 32.3. The number of rotatable bonds is 6. The lowest BCUT2D eigenvalue weighted by Gasteiger charge is -2.08. The Labute approximate surface area is 191 Å². The van der Waals surface area contributed by atoms with Crippen molar-refractivity contribution in [2.75, 3.05) is 13.6 Å². The standard InChI is InChI=1S/C26H25FN4O2/c1-15-10-11-20(27)24-23(15)19(16(2)30-24)12-13-29-26(33)22-9-5-8-21(31-22)17-6-4-7-18(14-17)25(32)28-3/h4-11,14,30H,12-13H2,1-3H3,(H,28,32)(H,29,33). The van der Waals surface area contributed by atoms with Crippen LogP contribution in [0.5, 0.6) is 0 Å². The lowest BCUT2D eigenvalue weighted by atomic mass is 10.0. The molecule has 0 fully saturated rings. The summed E-state index contributed by atoms with van der Waals surface area (Å²) in [7, 11) is 1.58. The number of H-pyrrole nitrogens is 1. The van der Waals surface area contributed by atoms with E-state index in [1.54, 1.807) is 49.5 Å². The van der Waals surface area contributed by atoms with Gasteiger partial charge in [-0.3, -0.25) is 9.59 Å². The fourth-order valence-electron chi connectivity index (χ4n) is 4.03. The van der Waals surface area contributed by atoms with Crippen LogP contribution < -0.4 is 10.6 Å². The number of pyridine rings is 1. The van der Waals surface area contributed by atoms with Gasteiger partial charge in [-0.2, -0.15) is 0 Å². The van der Waals surface area contributed by atoms with Gasteiger partial charge >= 0.3 is 0 Å². The number of aromatic amines is 1. The molecule has 0 atom stereocenters. The van der Waals surface area contributed by atoms with Crippen molar-refractivity contribution in [1.29, 1.82) is 0 Å². The van der Waals surface area contributed by atoms with E-state index in [1.807, 2.05) is 19.9 Å². The molecule has 0 saturated heterocycles. The van der Waals surface area contributed by atoms with Gasteiger partial charge in [0.1, 0.15) is 11.5 Å². The van der Waals surface area contributed by atoms with Crippen LogP contribution in [0.4, 0.5) is 4.39 Å². The van der Waals surface area contributed by atoms with Crippen LogP contribution in [0.3, 0.4) is 0 Å². The van der Waals surface area contributed by atoms with E-state index in [4.69, 9.17) is 0 Å². The van der Waals surface area contributed by atoms with E-state index in [2.05, 4.69) is 20.6 Å². The molecule has 0 aliphatic rings. The molecule has 0 aliphatic carbocycles. The lowest BCUT2D eigenvalue weighted by molar-refractivity contribution is 0.0945. The molecule has 33 heavy (non-hydrogen) atoms. The highest BCUT2D eigenvalue weighted by atomic mass is 19.1. The van der Waals surface area contributed by atoms with Gasteiger partial charge in [-0.25, -0.2) is 9.37 Å². The quantitative estimate of drug-likeness (QED) is 0.414. The number of nitrogens with zero attached hydrogens (tertiary/aromatic N) is 1. The van der Waals surface area contributed by atoms with Crippen LogP contribution in [0.25, 0.3) is 22.2 Å². The highest BCUT2D eigenvalue weighted by molar-refractivity contribution is 5.95. The minimum absolute atomic E-state index is 0.187. The van der Waals surface area contributed by atoms with Gasteiger partial charge in [0.05, 0.1) is 11.2 Å². The fraction of sp³-hybridized carbons (Fsp3) is 0.192. The van der Waals surface area contributed by atoms with E-state index in [-0.39, 0.29) is 23.3 Å². The third kappa shape index (κ3) is 4.48. The Bertz CT molecular complexity index is 1360. The average molecular weight is 445 g/mol. The molecular weight excluding hydrogens is 419 g/mol. The summed E-state index contributed by atoms with van der Waals surface area (Å²) < 4.78 is 14.2. The van der Waals surface area contributed by atoms with Crippen molar-refractivity contribution < 1.29 is 14.0 Å². The number of hydrogen-bond donors (Lipinski definition) is 3. The van der Waals surface area contributed by atoms with Gasteiger partial charge in [-0.1, -0.05) is 24.3 Å². The van der Waals surface area contributed by atoms with Crippen LogP contribution in [0.1, 0.15) is 37.7 Å². The SMILES string of the molecule is CNC(=O)c1cccc(-c2cccc(C(=O)NCCc3c(C)[nH]c4c(F)ccc(C)c34)n2)c1. The smallest absolute Gasteiger partial charge is 0.269 e. The number of carbonyl (C=O) groups excluding carboxylic acids is 2. The van der Waals surface area contributed by atoms with Gasteiger partial charge < -0.3 is 15.6 Å². The zero-order chi connectivity index (χ0) is 23.5. The third-order valence-corrected chi connectivity index (χ3v) is 5.72. The number of aromatic nitrogens is 2. The molecule has 0 saturated carbocycles. The third-order valence-electron chi connectivity index (χ3n) is 5.72. The van der Waals surface area contributed by atoms with Crippen molar-refractivity contribution in [2.24, 2.45) is 0 Å². The molecule has 4 rings (SSSR count). The minimum Gasteiger partial charge on any atom is -0.356 e. The normalized spacial score (nSPS) is 10.9. The van der Waals surface area contributed by atoms with E-state index in [1.165, 1.54) is 6.07 Å². The molecule has 0 spiro atoms. The maximum absolute atomic E-state index is 14.2. The van der Waals surface area contributed by atoms with Crippen molar-refractivity contribution in [3.8, 4) is 11.3 Å². The van der Waals surface area contributed by atoms with Gasteiger partial charge in [0.25, 0.3) is 11.8 Å². The first-order valence-electron chi connectivity index (χ1n) is 10.7. The van der Waals surface area contributed by atoms with Crippen LogP contribution in [-0.2, 0) is 6.42 Å². The molecular formula is C26H25FN4O2. The zero-order valence-electron chi connectivity index (χ0n) is 18.8. The summed E-state index contributed by atoms with van der Waals surface area (Å²) >= 11 is 0. The fourth-order valence-corrected chi connectivity index (χ4v) is 4.03. The minimum atomic E-state index is -0.292. The summed E-state index contributed by atoms with van der Waals surface area (Å²) in [6.45, 7) is 4.25. The topological polar surface area (TPSA) is 86.9 Å². The van der Waals surface area contributed by atoms with E-state index < -0.39 is 0 Å². The predicted octanol–water partition coefficient (Wildman–Crippen LogP) is 4.32. The highest BCUT2D eigenvalue weighted by Gasteiger charge is 2.15. The van der Waals surface area contributed by atoms with E-state index in [9.17, 15) is 14.0 Å². The van der Waals surface area contributed by atoms with E-state index >= 15 is 0 Å². The molecule has 7 heteroatoms. The van der Waals surface area contributed by atoms with Crippen molar-refractivity contribution >= 4 is 22.7 Å². The second-order valence-electron chi connectivity index (χ2n) is 7.92. The summed E-state index contributed by atoms with van der Waals surface area (Å²) in [6, 6.07) is 15.5. The number of amides is 2. The summed E-state index contributed by atoms with van der Waals surface area (Å²) in [5.41, 5.74) is 5.54. The molecule has 0 aliphatic heterocycles. The number of carbonyl (C=O) groups is 2. The Kier molecular flexibility index (Phi) is 6.22. The van der Waals surface area contributed by atoms with Crippen LogP contribution in [-0.4, -0.2) is 35.4 Å². The molecule has 0 bridgehead atoms. The second kappa shape index (κ2) is 9.24. The molecule has 6 nitrogen and oxygen atoms in total. The van der Waals surface area contributed by atoms with Crippen LogP contribution in [0.2, 0.25) is 0 Å². The number of benzene rings is 2. The van der Waals surface area contributed by atoms with Crippen LogP contribution in [0.15, 0.2) is 54.6 Å². The summed E-state index contributed by atoms with van der Waals surface area (Å²) in [6.07, 6.45) is 0.565. The monoisotopic (exact) mass is 444 g/mol. The number of hydrogen-bond acceptors (Lipinski definition) is 3. The number of fused-ring (bicyclic) bond motifs is 1. The van der Waals surface area contributed by atoms with Crippen LogP contribution >= 0.6 is 0 Å². The molecule has 0 radical (unpaired) electrons. The van der Waals surface area contributed by atoms with Gasteiger partial charge in [0, 0.05) is 35.8 Å². The van der Waals surface area contributed by atoms with Crippen molar-refractivity contribution in [2.45, 2.75) is 20.3 Å². The first-order valence-corrected chi connectivity index (χ1v) is 10.7. The molecule has 0 unspecified atom stereocenters.